The summed E-state index contributed by atoms with van der Waals surface area (Å²) >= 11 is 0. The predicted octanol–water partition coefficient (Wildman–Crippen LogP) is 7.08. The molecular weight excluding hydrogens is 1180 g/mol. The number of urea groups is 3. The summed E-state index contributed by atoms with van der Waals surface area (Å²) in [4.78, 5) is 47.6. The Kier molecular flexibility index (Phi) is 19.3. The van der Waals surface area contributed by atoms with E-state index >= 15 is 0 Å². The molecule has 1 aliphatic heterocycles. The van der Waals surface area contributed by atoms with E-state index in [1.54, 1.807) is 0 Å². The summed E-state index contributed by atoms with van der Waals surface area (Å²) in [6.07, 6.45) is 16.1. The van der Waals surface area contributed by atoms with Gasteiger partial charge in [0.05, 0.1) is 0 Å². The molecule has 6 N–H and O–H groups in total. The van der Waals surface area contributed by atoms with E-state index < -0.39 is 54.8 Å². The summed E-state index contributed by atoms with van der Waals surface area (Å²) in [6, 6.07) is 8.86. The van der Waals surface area contributed by atoms with Crippen molar-refractivity contribution in [3.8, 4) is 0 Å². The maximum Gasteiger partial charge on any atom is 0.333 e. The number of nitrogens with zero attached hydrogens (tertiary/aromatic N) is 6. The fourth-order valence-electron chi connectivity index (χ4n) is 15.2. The van der Waals surface area contributed by atoms with E-state index in [4.69, 9.17) is 0 Å². The predicted molar refractivity (Wildman–Crippen MR) is 344 cm³/mol. The number of hydrogen-bond donors (Lipinski definition) is 6. The highest BCUT2D eigenvalue weighted by Gasteiger charge is 2.38. The van der Waals surface area contributed by atoms with E-state index in [-0.39, 0.29) is 32.1 Å². The molecule has 0 bridgehead atoms. The van der Waals surface area contributed by atoms with Crippen molar-refractivity contribution in [2.75, 3.05) is 90.0 Å². The standard InChI is InChI=1S/C64H90N12O9S3/c1-42(2)37-75(87(82,83)69-63(78)65-59-47-20-10-18-44(47)36-45-19-11-21-48(45)59)35-33-72(5)40-57-49-22-12-26-53(49)60(54-27-13-23-50(54)57)66-62(77)68-86(80,81)73(6)46-30-31-74(39-46)41-58-51-24-14-28-55(51)61(56-29-15-25-52(56)58)67-64(79)70-88(84,85)76(34-32-71(3)4)38-43-16-8-7-9-17-43/h7-9,16-17,36,42,46H,10-15,18-35,37-41H2,1-6H3,(H2,65,69,78)(H2,66,68,77)(H2,67,70,79). The second-order valence-corrected chi connectivity index (χ2v) is 31.2. The lowest BCUT2D eigenvalue weighted by Gasteiger charge is -2.28. The number of hydrogen-bond acceptors (Lipinski definition) is 12. The van der Waals surface area contributed by atoms with Crippen LogP contribution in [0.5, 0.6) is 0 Å². The van der Waals surface area contributed by atoms with E-state index in [1.165, 1.54) is 53.3 Å². The molecule has 1 heterocycles. The quantitative estimate of drug-likeness (QED) is 0.0412. The number of likely N-dealkylation sites (N-methyl/N-ethyl adjacent to an activating group) is 3. The smallest absolute Gasteiger partial charge is 0.308 e. The zero-order valence-corrected chi connectivity index (χ0v) is 54.7. The third-order valence-electron chi connectivity index (χ3n) is 19.3. The van der Waals surface area contributed by atoms with Gasteiger partial charge >= 0.3 is 48.7 Å². The van der Waals surface area contributed by atoms with Crippen LogP contribution in [0, 0.1) is 5.92 Å². The minimum Gasteiger partial charge on any atom is -0.308 e. The van der Waals surface area contributed by atoms with E-state index in [2.05, 4.69) is 46.0 Å². The number of benzene rings is 4. The average molecular weight is 1270 g/mol. The second-order valence-electron chi connectivity index (χ2n) is 26.2. The van der Waals surface area contributed by atoms with Gasteiger partial charge in [0, 0.05) is 95.6 Å². The van der Waals surface area contributed by atoms with Gasteiger partial charge in [-0.15, -0.1) is 0 Å². The Labute approximate surface area is 521 Å². The highest BCUT2D eigenvalue weighted by atomic mass is 32.2. The summed E-state index contributed by atoms with van der Waals surface area (Å²) < 4.78 is 94.9. The Balaban J connectivity index is 0.708. The highest BCUT2D eigenvalue weighted by Crippen LogP contribution is 2.45. The van der Waals surface area contributed by atoms with Gasteiger partial charge in [0.1, 0.15) is 0 Å². The highest BCUT2D eigenvalue weighted by molar-refractivity contribution is 7.88. The third-order valence-corrected chi connectivity index (χ3v) is 23.7. The number of carbonyl (C=O) groups excluding carboxylic acids is 3. The summed E-state index contributed by atoms with van der Waals surface area (Å²) in [5, 5.41) is 9.03. The summed E-state index contributed by atoms with van der Waals surface area (Å²) in [6.45, 7) is 7.80. The number of amides is 6. The van der Waals surface area contributed by atoms with Crippen LogP contribution >= 0.6 is 0 Å². The Morgan fingerprint density at radius 3 is 1.44 bits per heavy atom. The van der Waals surface area contributed by atoms with Crippen molar-refractivity contribution in [2.45, 2.75) is 162 Å². The lowest BCUT2D eigenvalue weighted by molar-refractivity contribution is 0.252. The molecule has 6 aliphatic carbocycles. The lowest BCUT2D eigenvalue weighted by Crippen LogP contribution is -2.48. The van der Waals surface area contributed by atoms with Crippen LogP contribution in [0.1, 0.15) is 142 Å². The van der Waals surface area contributed by atoms with Crippen LogP contribution < -0.4 is 30.1 Å². The molecule has 1 unspecified atom stereocenters. The van der Waals surface area contributed by atoms with Gasteiger partial charge < -0.3 is 25.8 Å². The zero-order valence-electron chi connectivity index (χ0n) is 52.2. The molecule has 1 fully saturated rings. The summed E-state index contributed by atoms with van der Waals surface area (Å²) in [5.74, 6) is 0.00969. The van der Waals surface area contributed by atoms with Gasteiger partial charge in [-0.05, 0) is 233 Å². The summed E-state index contributed by atoms with van der Waals surface area (Å²) in [5.41, 5.74) is 19.0. The van der Waals surface area contributed by atoms with Crippen molar-refractivity contribution < 1.29 is 39.6 Å². The van der Waals surface area contributed by atoms with Crippen molar-refractivity contribution in [1.82, 2.24) is 41.8 Å². The molecule has 11 rings (SSSR count). The molecule has 0 saturated carbocycles. The normalized spacial score (nSPS) is 17.9. The van der Waals surface area contributed by atoms with Crippen LogP contribution in [-0.2, 0) is 127 Å². The third kappa shape index (κ3) is 13.9. The lowest BCUT2D eigenvalue weighted by atomic mass is 9.91. The minimum absolute atomic E-state index is 0.00969. The molecule has 4 aromatic carbocycles. The first-order valence-corrected chi connectivity index (χ1v) is 36.2. The maximum atomic E-state index is 14.1. The molecular formula is C64H90N12O9S3. The minimum atomic E-state index is -4.28. The fourth-order valence-corrected chi connectivity index (χ4v) is 18.4. The number of fused-ring (bicyclic) bond motifs is 6. The van der Waals surface area contributed by atoms with Gasteiger partial charge in [-0.1, -0.05) is 50.2 Å². The zero-order chi connectivity index (χ0) is 62.2. The number of likely N-dealkylation sites (tertiary alicyclic amines) is 1. The molecule has 21 nitrogen and oxygen atoms in total. The number of aryl methyl sites for hydroxylation is 2. The van der Waals surface area contributed by atoms with Gasteiger partial charge in [0.15, 0.2) is 0 Å². The first kappa shape index (κ1) is 63.9. The molecule has 0 radical (unpaired) electrons. The topological polar surface area (TPSA) is 245 Å². The number of nitrogens with one attached hydrogen (secondary N) is 6. The Bertz CT molecular complexity index is 3590. The van der Waals surface area contributed by atoms with Crippen LogP contribution in [0.3, 0.4) is 0 Å². The number of carbonyl (C=O) groups is 3. The van der Waals surface area contributed by atoms with Crippen molar-refractivity contribution in [1.29, 1.82) is 0 Å². The average Bonchev–Trinajstić information content (AvgIpc) is 1.78. The first-order chi connectivity index (χ1) is 42.0. The number of rotatable bonds is 24. The van der Waals surface area contributed by atoms with Gasteiger partial charge in [-0.25, -0.2) is 28.5 Å². The second kappa shape index (κ2) is 26.6. The Hall–Kier alpha value is -5.70. The Morgan fingerprint density at radius 1 is 0.511 bits per heavy atom. The first-order valence-electron chi connectivity index (χ1n) is 31.9. The van der Waals surface area contributed by atoms with Crippen LogP contribution in [0.15, 0.2) is 36.4 Å². The molecule has 478 valence electrons. The van der Waals surface area contributed by atoms with Crippen LogP contribution in [0.2, 0.25) is 0 Å². The monoisotopic (exact) mass is 1270 g/mol. The van der Waals surface area contributed by atoms with Crippen LogP contribution in [0.4, 0.5) is 31.4 Å². The van der Waals surface area contributed by atoms with Gasteiger partial charge in [0.25, 0.3) is 0 Å². The van der Waals surface area contributed by atoms with Crippen molar-refractivity contribution in [2.24, 2.45) is 5.92 Å². The maximum absolute atomic E-state index is 14.1. The molecule has 0 aromatic heterocycles. The van der Waals surface area contributed by atoms with Crippen molar-refractivity contribution in [3.63, 3.8) is 0 Å². The molecule has 4 aromatic rings. The van der Waals surface area contributed by atoms with E-state index in [0.29, 0.717) is 57.1 Å². The SMILES string of the molecule is CC(C)CN(CCN(C)Cc1c2c(c(NC(=O)NS(=O)(=O)N(C)C3CCN(Cc4c5c(c(NC(=O)NS(=O)(=O)N(CCN(C)C)Cc6ccccc6)c6c4CCC6)CCC5)C3)c3c1CCC3)CCC2)S(=O)(=O)NC(=O)Nc1c2c(cc3c1CCC3)CCC2. The van der Waals surface area contributed by atoms with E-state index in [9.17, 15) is 39.6 Å². The molecule has 1 atom stereocenters. The van der Waals surface area contributed by atoms with Crippen LogP contribution in [0.25, 0.3) is 0 Å². The van der Waals surface area contributed by atoms with Gasteiger partial charge in [-0.2, -0.15) is 38.2 Å². The molecule has 0 spiro atoms. The van der Waals surface area contributed by atoms with E-state index in [1.807, 2.05) is 70.2 Å². The van der Waals surface area contributed by atoms with Gasteiger partial charge in [-0.3, -0.25) is 4.90 Å². The molecule has 1 saturated heterocycles. The molecule has 88 heavy (non-hydrogen) atoms. The largest absolute Gasteiger partial charge is 0.333 e. The van der Waals surface area contributed by atoms with Crippen LogP contribution in [-0.4, -0.2) is 151 Å². The summed E-state index contributed by atoms with van der Waals surface area (Å²) in [7, 11) is -5.44. The van der Waals surface area contributed by atoms with Crippen molar-refractivity contribution in [3.05, 3.63) is 120 Å². The molecule has 24 heteroatoms. The molecule has 7 aliphatic rings. The fraction of sp³-hybridized carbons (Fsp3) is 0.578. The van der Waals surface area contributed by atoms with Gasteiger partial charge in [0.2, 0.25) is 0 Å². The Morgan fingerprint density at radius 2 is 0.943 bits per heavy atom. The van der Waals surface area contributed by atoms with E-state index in [0.717, 1.165) is 171 Å². The molecule has 6 amide bonds. The van der Waals surface area contributed by atoms with Crippen molar-refractivity contribution >= 4 is 65.8 Å². The number of anilines is 3.